The first-order valence-electron chi connectivity index (χ1n) is 9.26. The van der Waals surface area contributed by atoms with Gasteiger partial charge >= 0.3 is 0 Å². The van der Waals surface area contributed by atoms with Crippen molar-refractivity contribution in [3.63, 3.8) is 0 Å². The van der Waals surface area contributed by atoms with Crippen LogP contribution in [0.2, 0.25) is 0 Å². The minimum absolute atomic E-state index is 0.282. The van der Waals surface area contributed by atoms with Crippen molar-refractivity contribution in [2.24, 2.45) is 0 Å². The maximum atomic E-state index is 12.9. The van der Waals surface area contributed by atoms with E-state index in [2.05, 4.69) is 21.2 Å². The Kier molecular flexibility index (Phi) is 7.14. The lowest BCUT2D eigenvalue weighted by Crippen LogP contribution is -2.13. The fourth-order valence-corrected chi connectivity index (χ4v) is 3.22. The van der Waals surface area contributed by atoms with Crippen LogP contribution in [0.25, 0.3) is 0 Å². The number of hydrogen-bond donors (Lipinski definition) is 1. The molecule has 1 N–H and O–H groups in total. The number of nitrogens with one attached hydrogen (secondary N) is 1. The number of rotatable bonds is 8. The molecule has 3 rings (SSSR count). The molecule has 1 amide bonds. The molecular formula is C23H22BrNO4. The van der Waals surface area contributed by atoms with Gasteiger partial charge in [0.15, 0.2) is 17.2 Å². The van der Waals surface area contributed by atoms with Gasteiger partial charge in [0, 0.05) is 5.56 Å². The molecule has 0 saturated heterocycles. The van der Waals surface area contributed by atoms with Crippen LogP contribution in [-0.4, -0.2) is 19.6 Å². The summed E-state index contributed by atoms with van der Waals surface area (Å²) in [5.41, 5.74) is 1.01. The number of carbonyl (C=O) groups is 1. The van der Waals surface area contributed by atoms with Gasteiger partial charge in [-0.25, -0.2) is 0 Å². The Bertz CT molecular complexity index is 976. The molecule has 3 aromatic carbocycles. The second-order valence-corrected chi connectivity index (χ2v) is 7.06. The summed E-state index contributed by atoms with van der Waals surface area (Å²) in [6.07, 6.45) is 0.871. The second kappa shape index (κ2) is 9.98. The molecule has 0 atom stereocenters. The molecule has 0 unspecified atom stereocenters. The summed E-state index contributed by atoms with van der Waals surface area (Å²) >= 11 is 3.47. The van der Waals surface area contributed by atoms with Crippen molar-refractivity contribution in [2.45, 2.75) is 13.3 Å². The van der Waals surface area contributed by atoms with E-state index in [1.54, 1.807) is 31.4 Å². The maximum absolute atomic E-state index is 12.9. The Hall–Kier alpha value is -2.99. The summed E-state index contributed by atoms with van der Waals surface area (Å²) in [7, 11) is 1.55. The van der Waals surface area contributed by atoms with Crippen molar-refractivity contribution in [2.75, 3.05) is 19.0 Å². The van der Waals surface area contributed by atoms with Crippen LogP contribution in [0.4, 0.5) is 5.69 Å². The summed E-state index contributed by atoms with van der Waals surface area (Å²) in [4.78, 5) is 12.9. The molecule has 0 fully saturated rings. The molecule has 0 bridgehead atoms. The van der Waals surface area contributed by atoms with Gasteiger partial charge in [0.25, 0.3) is 5.91 Å². The predicted octanol–water partition coefficient (Wildman–Crippen LogP) is 6.29. The van der Waals surface area contributed by atoms with Gasteiger partial charge in [0.05, 0.1) is 23.9 Å². The molecule has 0 radical (unpaired) electrons. The third-order valence-corrected chi connectivity index (χ3v) is 4.64. The monoisotopic (exact) mass is 455 g/mol. The Morgan fingerprint density at radius 2 is 1.72 bits per heavy atom. The molecule has 0 aromatic heterocycles. The molecule has 150 valence electrons. The molecule has 29 heavy (non-hydrogen) atoms. The number of para-hydroxylation sites is 3. The molecular weight excluding hydrogens is 434 g/mol. The normalized spacial score (nSPS) is 10.3. The summed E-state index contributed by atoms with van der Waals surface area (Å²) in [6.45, 7) is 2.59. The molecule has 0 aliphatic rings. The Morgan fingerprint density at radius 3 is 2.45 bits per heavy atom. The highest BCUT2D eigenvalue weighted by Crippen LogP contribution is 2.37. The molecule has 5 nitrogen and oxygen atoms in total. The van der Waals surface area contributed by atoms with E-state index in [9.17, 15) is 4.79 Å². The van der Waals surface area contributed by atoms with E-state index >= 15 is 0 Å². The van der Waals surface area contributed by atoms with Crippen LogP contribution in [0, 0.1) is 0 Å². The molecule has 0 aliphatic heterocycles. The molecule has 0 heterocycles. The zero-order chi connectivity index (χ0) is 20.6. The number of hydrogen-bond acceptors (Lipinski definition) is 4. The van der Waals surface area contributed by atoms with Crippen molar-refractivity contribution in [3.05, 3.63) is 76.8 Å². The largest absolute Gasteiger partial charge is 0.493 e. The smallest absolute Gasteiger partial charge is 0.255 e. The summed E-state index contributed by atoms with van der Waals surface area (Å²) < 4.78 is 17.7. The first-order valence-corrected chi connectivity index (χ1v) is 10.0. The fraction of sp³-hybridized carbons (Fsp3) is 0.174. The van der Waals surface area contributed by atoms with Gasteiger partial charge in [-0.15, -0.1) is 0 Å². The van der Waals surface area contributed by atoms with Crippen molar-refractivity contribution < 1.29 is 19.0 Å². The average molecular weight is 456 g/mol. The zero-order valence-corrected chi connectivity index (χ0v) is 17.9. The molecule has 3 aromatic rings. The Balaban J connectivity index is 1.83. The van der Waals surface area contributed by atoms with Crippen molar-refractivity contribution in [3.8, 4) is 23.0 Å². The van der Waals surface area contributed by atoms with E-state index in [1.807, 2.05) is 49.4 Å². The maximum Gasteiger partial charge on any atom is 0.255 e. The van der Waals surface area contributed by atoms with Crippen molar-refractivity contribution in [1.82, 2.24) is 0 Å². The van der Waals surface area contributed by atoms with E-state index in [4.69, 9.17) is 14.2 Å². The summed E-state index contributed by atoms with van der Waals surface area (Å²) in [5, 5.41) is 2.91. The number of benzene rings is 3. The second-order valence-electron chi connectivity index (χ2n) is 6.20. The summed E-state index contributed by atoms with van der Waals surface area (Å²) in [6, 6.07) is 20.1. The lowest BCUT2D eigenvalue weighted by atomic mass is 10.1. The van der Waals surface area contributed by atoms with Crippen molar-refractivity contribution in [1.29, 1.82) is 0 Å². The highest BCUT2D eigenvalue weighted by molar-refractivity contribution is 9.10. The number of ether oxygens (including phenoxy) is 3. The van der Waals surface area contributed by atoms with Crippen LogP contribution in [-0.2, 0) is 0 Å². The number of amides is 1. The molecule has 0 saturated carbocycles. The summed E-state index contributed by atoms with van der Waals surface area (Å²) in [5.74, 6) is 2.04. The van der Waals surface area contributed by atoms with Crippen LogP contribution in [0.15, 0.2) is 71.2 Å². The van der Waals surface area contributed by atoms with Crippen LogP contribution in [0.5, 0.6) is 23.0 Å². The van der Waals surface area contributed by atoms with Crippen molar-refractivity contribution >= 4 is 27.5 Å². The quantitative estimate of drug-likeness (QED) is 0.433. The standard InChI is InChI=1S/C23H22BrNO4/c1-3-13-28-22-18(24)14-16(15-21(22)27-2)23(26)25-19-11-7-8-12-20(19)29-17-9-5-4-6-10-17/h4-12,14-15H,3,13H2,1-2H3,(H,25,26). The van der Waals surface area contributed by atoms with Gasteiger partial charge in [0.1, 0.15) is 5.75 Å². The fourth-order valence-electron chi connectivity index (χ4n) is 2.66. The topological polar surface area (TPSA) is 56.8 Å². The number of methoxy groups -OCH3 is 1. The SMILES string of the molecule is CCCOc1c(Br)cc(C(=O)Nc2ccccc2Oc2ccccc2)cc1OC. The average Bonchev–Trinajstić information content (AvgIpc) is 2.74. The third kappa shape index (κ3) is 5.29. The zero-order valence-electron chi connectivity index (χ0n) is 16.3. The van der Waals surface area contributed by atoms with E-state index in [-0.39, 0.29) is 5.91 Å². The van der Waals surface area contributed by atoms with Crippen LogP contribution < -0.4 is 19.5 Å². The van der Waals surface area contributed by atoms with Gasteiger partial charge in [-0.1, -0.05) is 37.3 Å². The minimum atomic E-state index is -0.282. The first-order chi connectivity index (χ1) is 14.1. The highest BCUT2D eigenvalue weighted by atomic mass is 79.9. The predicted molar refractivity (Wildman–Crippen MR) is 117 cm³/mol. The van der Waals surface area contributed by atoms with E-state index in [0.29, 0.717) is 45.3 Å². The van der Waals surface area contributed by atoms with Crippen LogP contribution in [0.1, 0.15) is 23.7 Å². The molecule has 6 heteroatoms. The lowest BCUT2D eigenvalue weighted by molar-refractivity contribution is 0.102. The number of carbonyl (C=O) groups excluding carboxylic acids is 1. The third-order valence-electron chi connectivity index (χ3n) is 4.05. The van der Waals surface area contributed by atoms with Gasteiger partial charge in [0.2, 0.25) is 0 Å². The van der Waals surface area contributed by atoms with Gasteiger partial charge in [-0.2, -0.15) is 0 Å². The Morgan fingerprint density at radius 1 is 1.00 bits per heavy atom. The number of halogens is 1. The van der Waals surface area contributed by atoms with Gasteiger partial charge in [-0.05, 0) is 58.7 Å². The van der Waals surface area contributed by atoms with Crippen LogP contribution in [0.3, 0.4) is 0 Å². The first kappa shape index (κ1) is 20.7. The Labute approximate surface area is 178 Å². The molecule has 0 aliphatic carbocycles. The minimum Gasteiger partial charge on any atom is -0.493 e. The van der Waals surface area contributed by atoms with Gasteiger partial charge in [-0.3, -0.25) is 4.79 Å². The lowest BCUT2D eigenvalue weighted by Gasteiger charge is -2.15. The molecule has 0 spiro atoms. The highest BCUT2D eigenvalue weighted by Gasteiger charge is 2.17. The van der Waals surface area contributed by atoms with E-state index in [0.717, 1.165) is 6.42 Å². The van der Waals surface area contributed by atoms with E-state index in [1.165, 1.54) is 0 Å². The van der Waals surface area contributed by atoms with Crippen LogP contribution >= 0.6 is 15.9 Å². The van der Waals surface area contributed by atoms with E-state index < -0.39 is 0 Å². The number of anilines is 1. The van der Waals surface area contributed by atoms with Gasteiger partial charge < -0.3 is 19.5 Å².